The van der Waals surface area contributed by atoms with Crippen LogP contribution < -0.4 is 5.32 Å². The van der Waals surface area contributed by atoms with Gasteiger partial charge < -0.3 is 10.1 Å². The Morgan fingerprint density at radius 2 is 2.00 bits per heavy atom. The van der Waals surface area contributed by atoms with Crippen LogP contribution in [0.3, 0.4) is 0 Å². The highest BCUT2D eigenvalue weighted by atomic mass is 16.5. The zero-order valence-corrected chi connectivity index (χ0v) is 12.9. The van der Waals surface area contributed by atoms with Gasteiger partial charge in [-0.15, -0.1) is 0 Å². The number of methoxy groups -OCH3 is 1. The average molecular weight is 256 g/mol. The van der Waals surface area contributed by atoms with Gasteiger partial charge in [-0.25, -0.2) is 0 Å². The first-order chi connectivity index (χ1) is 8.63. The number of likely N-dealkylation sites (N-methyl/N-ethyl adjacent to an activating group) is 1. The number of rotatable bonds is 10. The van der Waals surface area contributed by atoms with Crippen LogP contribution in [0.25, 0.3) is 0 Å². The summed E-state index contributed by atoms with van der Waals surface area (Å²) in [6.45, 7) is 10.1. The summed E-state index contributed by atoms with van der Waals surface area (Å²) in [5, 5.41) is 3.49. The predicted octanol–water partition coefficient (Wildman–Crippen LogP) is 2.37. The van der Waals surface area contributed by atoms with E-state index in [1.807, 2.05) is 0 Å². The molecule has 0 bridgehead atoms. The lowest BCUT2D eigenvalue weighted by Crippen LogP contribution is -2.48. The minimum atomic E-state index is 0.591. The third kappa shape index (κ3) is 4.87. The molecule has 3 atom stereocenters. The molecule has 1 saturated carbocycles. The van der Waals surface area contributed by atoms with Gasteiger partial charge in [0.25, 0.3) is 0 Å². The van der Waals surface area contributed by atoms with Crippen molar-refractivity contribution < 1.29 is 4.74 Å². The fourth-order valence-electron chi connectivity index (χ4n) is 2.64. The number of ether oxygens (including phenoxy) is 1. The highest BCUT2D eigenvalue weighted by molar-refractivity contribution is 4.87. The molecule has 3 heteroatoms. The van der Waals surface area contributed by atoms with E-state index < -0.39 is 0 Å². The molecular formula is C15H32N2O. The van der Waals surface area contributed by atoms with E-state index in [0.29, 0.717) is 12.1 Å². The zero-order chi connectivity index (χ0) is 13.5. The lowest BCUT2D eigenvalue weighted by atomic mass is 9.98. The molecule has 0 heterocycles. The van der Waals surface area contributed by atoms with E-state index in [2.05, 4.69) is 38.0 Å². The molecule has 3 nitrogen and oxygen atoms in total. The first-order valence-corrected chi connectivity index (χ1v) is 7.54. The molecule has 18 heavy (non-hydrogen) atoms. The minimum Gasteiger partial charge on any atom is -0.383 e. The van der Waals surface area contributed by atoms with Crippen molar-refractivity contribution in [1.82, 2.24) is 10.2 Å². The first-order valence-electron chi connectivity index (χ1n) is 7.54. The molecule has 0 aliphatic heterocycles. The van der Waals surface area contributed by atoms with E-state index >= 15 is 0 Å². The van der Waals surface area contributed by atoms with Gasteiger partial charge in [-0.05, 0) is 38.6 Å². The zero-order valence-electron chi connectivity index (χ0n) is 12.9. The maximum atomic E-state index is 5.26. The van der Waals surface area contributed by atoms with Crippen LogP contribution in [0.15, 0.2) is 0 Å². The van der Waals surface area contributed by atoms with Crippen LogP contribution in [0.5, 0.6) is 0 Å². The van der Waals surface area contributed by atoms with Gasteiger partial charge in [0, 0.05) is 32.3 Å². The largest absolute Gasteiger partial charge is 0.383 e. The van der Waals surface area contributed by atoms with Crippen LogP contribution in [0.1, 0.15) is 40.0 Å². The van der Waals surface area contributed by atoms with E-state index in [9.17, 15) is 0 Å². The third-order valence-electron chi connectivity index (χ3n) is 4.60. The Labute approximate surface area is 113 Å². The van der Waals surface area contributed by atoms with Gasteiger partial charge in [-0.2, -0.15) is 0 Å². The summed E-state index contributed by atoms with van der Waals surface area (Å²) >= 11 is 0. The molecule has 0 aromatic heterocycles. The van der Waals surface area contributed by atoms with Crippen molar-refractivity contribution >= 4 is 0 Å². The molecule has 0 aromatic rings. The monoisotopic (exact) mass is 256 g/mol. The molecule has 3 unspecified atom stereocenters. The van der Waals surface area contributed by atoms with E-state index in [1.54, 1.807) is 7.11 Å². The Hall–Kier alpha value is -0.120. The van der Waals surface area contributed by atoms with Crippen molar-refractivity contribution in [2.75, 3.05) is 33.9 Å². The molecular weight excluding hydrogens is 224 g/mol. The van der Waals surface area contributed by atoms with Crippen LogP contribution in [0.2, 0.25) is 0 Å². The number of hydrogen-bond donors (Lipinski definition) is 1. The van der Waals surface area contributed by atoms with Gasteiger partial charge in [0.2, 0.25) is 0 Å². The van der Waals surface area contributed by atoms with Gasteiger partial charge in [0.05, 0.1) is 6.61 Å². The summed E-state index contributed by atoms with van der Waals surface area (Å²) < 4.78 is 5.26. The quantitative estimate of drug-likeness (QED) is 0.649. The lowest BCUT2D eigenvalue weighted by molar-refractivity contribution is 0.102. The maximum Gasteiger partial charge on any atom is 0.0589 e. The van der Waals surface area contributed by atoms with Gasteiger partial charge in [0.15, 0.2) is 0 Å². The average Bonchev–Trinajstić information content (AvgIpc) is 3.22. The Balaban J connectivity index is 2.51. The van der Waals surface area contributed by atoms with Crippen molar-refractivity contribution in [2.45, 2.75) is 52.1 Å². The summed E-state index contributed by atoms with van der Waals surface area (Å²) in [5.74, 6) is 1.66. The maximum absolute atomic E-state index is 5.26. The van der Waals surface area contributed by atoms with Crippen molar-refractivity contribution in [3.8, 4) is 0 Å². The summed E-state index contributed by atoms with van der Waals surface area (Å²) in [4.78, 5) is 2.62. The van der Waals surface area contributed by atoms with E-state index in [1.165, 1.54) is 19.3 Å². The fourth-order valence-corrected chi connectivity index (χ4v) is 2.64. The fraction of sp³-hybridized carbons (Fsp3) is 1.00. The van der Waals surface area contributed by atoms with Gasteiger partial charge in [-0.1, -0.05) is 20.3 Å². The topological polar surface area (TPSA) is 24.5 Å². The third-order valence-corrected chi connectivity index (χ3v) is 4.60. The van der Waals surface area contributed by atoms with Crippen LogP contribution in [0.4, 0.5) is 0 Å². The molecule has 1 rings (SSSR count). The smallest absolute Gasteiger partial charge is 0.0589 e. The number of nitrogens with one attached hydrogen (secondary N) is 1. The predicted molar refractivity (Wildman–Crippen MR) is 77.9 cm³/mol. The second kappa shape index (κ2) is 8.13. The van der Waals surface area contributed by atoms with Crippen LogP contribution in [0, 0.1) is 11.8 Å². The molecule has 1 fully saturated rings. The van der Waals surface area contributed by atoms with Crippen LogP contribution >= 0.6 is 0 Å². The molecule has 0 aromatic carbocycles. The lowest BCUT2D eigenvalue weighted by Gasteiger charge is -2.34. The highest BCUT2D eigenvalue weighted by Crippen LogP contribution is 2.35. The second-order valence-corrected chi connectivity index (χ2v) is 5.85. The van der Waals surface area contributed by atoms with Crippen molar-refractivity contribution in [3.63, 3.8) is 0 Å². The molecule has 0 saturated heterocycles. The van der Waals surface area contributed by atoms with Crippen molar-refractivity contribution in [2.24, 2.45) is 11.8 Å². The van der Waals surface area contributed by atoms with E-state index in [4.69, 9.17) is 4.74 Å². The van der Waals surface area contributed by atoms with Gasteiger partial charge in [0.1, 0.15) is 0 Å². The summed E-state index contributed by atoms with van der Waals surface area (Å²) in [5.41, 5.74) is 0. The first kappa shape index (κ1) is 15.9. The Morgan fingerprint density at radius 1 is 1.33 bits per heavy atom. The Bertz CT molecular complexity index is 219. The normalized spacial score (nSPS) is 21.0. The van der Waals surface area contributed by atoms with E-state index in [-0.39, 0.29) is 0 Å². The molecule has 0 spiro atoms. The van der Waals surface area contributed by atoms with Crippen molar-refractivity contribution in [3.05, 3.63) is 0 Å². The van der Waals surface area contributed by atoms with E-state index in [0.717, 1.165) is 31.5 Å². The minimum absolute atomic E-state index is 0.591. The molecule has 1 N–H and O–H groups in total. The van der Waals surface area contributed by atoms with Gasteiger partial charge in [-0.3, -0.25) is 4.90 Å². The van der Waals surface area contributed by atoms with Crippen molar-refractivity contribution in [1.29, 1.82) is 0 Å². The highest BCUT2D eigenvalue weighted by Gasteiger charge is 2.33. The Kier molecular flexibility index (Phi) is 7.20. The second-order valence-electron chi connectivity index (χ2n) is 5.85. The number of hydrogen-bond acceptors (Lipinski definition) is 3. The summed E-state index contributed by atoms with van der Waals surface area (Å²) in [6, 6.07) is 1.30. The molecule has 1 aliphatic rings. The van der Waals surface area contributed by atoms with Gasteiger partial charge >= 0.3 is 0 Å². The summed E-state index contributed by atoms with van der Waals surface area (Å²) in [6.07, 6.45) is 4.07. The standard InChI is InChI=1S/C15H32N2O/c1-6-12(2)15(16-4)11-17(9-10-18-5)13(3)14-7-8-14/h12-16H,6-11H2,1-5H3. The molecule has 108 valence electrons. The molecule has 0 radical (unpaired) electrons. The summed E-state index contributed by atoms with van der Waals surface area (Å²) in [7, 11) is 3.89. The molecule has 1 aliphatic carbocycles. The number of nitrogens with zero attached hydrogens (tertiary/aromatic N) is 1. The Morgan fingerprint density at radius 3 is 2.44 bits per heavy atom. The molecule has 0 amide bonds. The SMILES string of the molecule is CCC(C)C(CN(CCOC)C(C)C1CC1)NC. The van der Waals surface area contributed by atoms with Crippen LogP contribution in [-0.4, -0.2) is 50.8 Å². The van der Waals surface area contributed by atoms with Crippen LogP contribution in [-0.2, 0) is 4.74 Å².